The van der Waals surface area contributed by atoms with Crippen molar-refractivity contribution >= 4 is 0 Å². The third kappa shape index (κ3) is 3.68. The average Bonchev–Trinajstić information content (AvgIpc) is 2.79. The van der Waals surface area contributed by atoms with Crippen LogP contribution >= 0.6 is 0 Å². The molecule has 0 unspecified atom stereocenters. The Morgan fingerprint density at radius 3 is 2.60 bits per heavy atom. The summed E-state index contributed by atoms with van der Waals surface area (Å²) in [4.78, 5) is 0. The van der Waals surface area contributed by atoms with Crippen LogP contribution in [-0.4, -0.2) is 27.0 Å². The summed E-state index contributed by atoms with van der Waals surface area (Å²) in [5.41, 5.74) is 3.20. The molecule has 0 aliphatic heterocycles. The maximum Gasteiger partial charge on any atom is 0.0645 e. The predicted molar refractivity (Wildman–Crippen MR) is 80.9 cm³/mol. The molecule has 0 spiro atoms. The van der Waals surface area contributed by atoms with Crippen molar-refractivity contribution in [1.29, 1.82) is 0 Å². The van der Waals surface area contributed by atoms with Gasteiger partial charge in [-0.3, -0.25) is 0 Å². The number of hydrogen-bond acceptors (Lipinski definition) is 3. The Hall–Kier alpha value is -1.65. The van der Waals surface area contributed by atoms with Gasteiger partial charge in [-0.25, -0.2) is 4.68 Å². The third-order valence-corrected chi connectivity index (χ3v) is 3.52. The van der Waals surface area contributed by atoms with Gasteiger partial charge < -0.3 is 10.4 Å². The first-order valence-electron chi connectivity index (χ1n) is 6.98. The molecule has 20 heavy (non-hydrogen) atoms. The fraction of sp³-hybridized carbons (Fsp3) is 0.438. The fourth-order valence-electron chi connectivity index (χ4n) is 2.08. The number of aliphatic hydroxyl groups excluding tert-OH is 1. The van der Waals surface area contributed by atoms with Gasteiger partial charge in [0.2, 0.25) is 0 Å². The van der Waals surface area contributed by atoms with E-state index < -0.39 is 0 Å². The first-order chi connectivity index (χ1) is 9.52. The summed E-state index contributed by atoms with van der Waals surface area (Å²) in [6.45, 7) is 7.17. The van der Waals surface area contributed by atoms with E-state index in [9.17, 15) is 0 Å². The number of para-hydroxylation sites is 1. The van der Waals surface area contributed by atoms with Gasteiger partial charge in [-0.05, 0) is 39.3 Å². The van der Waals surface area contributed by atoms with E-state index >= 15 is 0 Å². The van der Waals surface area contributed by atoms with Gasteiger partial charge >= 0.3 is 0 Å². The van der Waals surface area contributed by atoms with Gasteiger partial charge in [0.15, 0.2) is 0 Å². The smallest absolute Gasteiger partial charge is 0.0645 e. The van der Waals surface area contributed by atoms with E-state index in [4.69, 9.17) is 5.11 Å². The van der Waals surface area contributed by atoms with Gasteiger partial charge in [0.25, 0.3) is 0 Å². The van der Waals surface area contributed by atoms with Crippen molar-refractivity contribution in [3.63, 3.8) is 0 Å². The van der Waals surface area contributed by atoms with Crippen LogP contribution in [0.3, 0.4) is 0 Å². The number of nitrogens with zero attached hydrogens (tertiary/aromatic N) is 2. The van der Waals surface area contributed by atoms with Gasteiger partial charge in [-0.2, -0.15) is 5.10 Å². The minimum atomic E-state index is -0.0734. The number of benzene rings is 1. The van der Waals surface area contributed by atoms with Gasteiger partial charge in [0.1, 0.15) is 0 Å². The average molecular weight is 273 g/mol. The van der Waals surface area contributed by atoms with E-state index in [1.807, 2.05) is 41.9 Å². The van der Waals surface area contributed by atoms with Crippen LogP contribution < -0.4 is 5.32 Å². The van der Waals surface area contributed by atoms with Crippen molar-refractivity contribution in [3.8, 4) is 5.69 Å². The van der Waals surface area contributed by atoms with Gasteiger partial charge in [0, 0.05) is 30.5 Å². The number of rotatable bonds is 6. The third-order valence-electron chi connectivity index (χ3n) is 3.52. The van der Waals surface area contributed by atoms with Crippen molar-refractivity contribution in [2.75, 3.05) is 6.61 Å². The summed E-state index contributed by atoms with van der Waals surface area (Å²) in [5.74, 6) is 0. The highest BCUT2D eigenvalue weighted by molar-refractivity contribution is 5.32. The summed E-state index contributed by atoms with van der Waals surface area (Å²) in [7, 11) is 0. The first-order valence-corrected chi connectivity index (χ1v) is 6.98. The van der Waals surface area contributed by atoms with Crippen LogP contribution in [-0.2, 0) is 6.54 Å². The molecule has 4 heteroatoms. The molecule has 0 bridgehead atoms. The molecule has 2 rings (SSSR count). The summed E-state index contributed by atoms with van der Waals surface area (Å²) in [6, 6.07) is 10.1. The zero-order valence-electron chi connectivity index (χ0n) is 12.4. The lowest BCUT2D eigenvalue weighted by Gasteiger charge is -2.25. The first kappa shape index (κ1) is 14.8. The van der Waals surface area contributed by atoms with Crippen LogP contribution in [0, 0.1) is 6.92 Å². The van der Waals surface area contributed by atoms with E-state index in [1.54, 1.807) is 0 Å². The van der Waals surface area contributed by atoms with Crippen molar-refractivity contribution in [1.82, 2.24) is 15.1 Å². The molecule has 0 aliphatic rings. The second-order valence-electron chi connectivity index (χ2n) is 5.73. The number of aromatic nitrogens is 2. The van der Waals surface area contributed by atoms with E-state index in [0.29, 0.717) is 0 Å². The zero-order valence-corrected chi connectivity index (χ0v) is 12.4. The Kier molecular flexibility index (Phi) is 4.57. The molecular weight excluding hydrogens is 250 g/mol. The predicted octanol–water partition coefficient (Wildman–Crippen LogP) is 2.43. The lowest BCUT2D eigenvalue weighted by molar-refractivity contribution is 0.230. The van der Waals surface area contributed by atoms with Crippen LogP contribution in [0.25, 0.3) is 5.69 Å². The van der Waals surface area contributed by atoms with Crippen LogP contribution in [0.4, 0.5) is 0 Å². The molecule has 0 radical (unpaired) electrons. The molecule has 1 aromatic carbocycles. The Balaban J connectivity index is 2.09. The van der Waals surface area contributed by atoms with Crippen molar-refractivity contribution in [2.24, 2.45) is 0 Å². The second kappa shape index (κ2) is 6.20. The van der Waals surface area contributed by atoms with Crippen LogP contribution in [0.5, 0.6) is 0 Å². The van der Waals surface area contributed by atoms with Crippen LogP contribution in [0.2, 0.25) is 0 Å². The second-order valence-corrected chi connectivity index (χ2v) is 5.73. The number of nitrogens with one attached hydrogen (secondary N) is 1. The van der Waals surface area contributed by atoms with Gasteiger partial charge in [-0.15, -0.1) is 0 Å². The van der Waals surface area contributed by atoms with Gasteiger partial charge in [-0.1, -0.05) is 18.2 Å². The highest BCUT2D eigenvalue weighted by Gasteiger charge is 2.17. The Morgan fingerprint density at radius 2 is 1.95 bits per heavy atom. The summed E-state index contributed by atoms with van der Waals surface area (Å²) >= 11 is 0. The molecule has 0 aliphatic carbocycles. The highest BCUT2D eigenvalue weighted by Crippen LogP contribution is 2.14. The molecule has 108 valence electrons. The molecule has 2 N–H and O–H groups in total. The molecule has 0 amide bonds. The Labute approximate surface area is 120 Å². The number of aliphatic hydroxyl groups is 1. The van der Waals surface area contributed by atoms with Crippen LogP contribution in [0.15, 0.2) is 36.5 Å². The largest absolute Gasteiger partial charge is 0.396 e. The lowest BCUT2D eigenvalue weighted by Crippen LogP contribution is -2.39. The van der Waals surface area contributed by atoms with Crippen molar-refractivity contribution < 1.29 is 5.11 Å². The molecule has 1 heterocycles. The van der Waals surface area contributed by atoms with Crippen LogP contribution in [0.1, 0.15) is 31.5 Å². The molecule has 2 aromatic rings. The molecule has 1 aromatic heterocycles. The Bertz CT molecular complexity index is 546. The maximum absolute atomic E-state index is 9.05. The highest BCUT2D eigenvalue weighted by atomic mass is 16.3. The summed E-state index contributed by atoms with van der Waals surface area (Å²) < 4.78 is 1.91. The Morgan fingerprint density at radius 1 is 1.25 bits per heavy atom. The summed E-state index contributed by atoms with van der Waals surface area (Å²) in [5, 5.41) is 17.1. The minimum Gasteiger partial charge on any atom is -0.396 e. The number of aryl methyl sites for hydroxylation is 1. The molecule has 0 saturated carbocycles. The number of hydrogen-bond donors (Lipinski definition) is 2. The zero-order chi connectivity index (χ0) is 14.6. The maximum atomic E-state index is 9.05. The molecule has 4 nitrogen and oxygen atoms in total. The normalized spacial score (nSPS) is 11.8. The summed E-state index contributed by atoms with van der Waals surface area (Å²) in [6.07, 6.45) is 2.80. The van der Waals surface area contributed by atoms with Crippen molar-refractivity contribution in [2.45, 2.75) is 39.3 Å². The SMILES string of the molecule is Cc1nn(-c2ccccc2)cc1CNC(C)(C)CCO. The van der Waals surface area contributed by atoms with E-state index in [-0.39, 0.29) is 12.1 Å². The quantitative estimate of drug-likeness (QED) is 0.850. The van der Waals surface area contributed by atoms with E-state index in [0.717, 1.165) is 24.3 Å². The topological polar surface area (TPSA) is 50.1 Å². The monoisotopic (exact) mass is 273 g/mol. The molecule has 0 atom stereocenters. The molecule has 0 saturated heterocycles. The minimum absolute atomic E-state index is 0.0734. The van der Waals surface area contributed by atoms with Gasteiger partial charge in [0.05, 0.1) is 11.4 Å². The van der Waals surface area contributed by atoms with E-state index in [2.05, 4.69) is 30.5 Å². The van der Waals surface area contributed by atoms with E-state index in [1.165, 1.54) is 5.56 Å². The molecule has 0 fully saturated rings. The standard InChI is InChI=1S/C16H23N3O/c1-13-14(11-17-16(2,3)9-10-20)12-19(18-13)15-7-5-4-6-8-15/h4-8,12,17,20H,9-11H2,1-3H3. The lowest BCUT2D eigenvalue weighted by atomic mass is 10.0. The molecular formula is C16H23N3O. The fourth-order valence-corrected chi connectivity index (χ4v) is 2.08. The van der Waals surface area contributed by atoms with Crippen molar-refractivity contribution in [3.05, 3.63) is 47.8 Å².